The van der Waals surface area contributed by atoms with Gasteiger partial charge < -0.3 is 15.8 Å². The van der Waals surface area contributed by atoms with Crippen LogP contribution in [0.3, 0.4) is 0 Å². The second kappa shape index (κ2) is 8.47. The fourth-order valence-electron chi connectivity index (χ4n) is 4.46. The molecule has 4 atom stereocenters. The predicted molar refractivity (Wildman–Crippen MR) is 115 cm³/mol. The fraction of sp³-hybridized carbons (Fsp3) is 0.500. The summed E-state index contributed by atoms with van der Waals surface area (Å²) in [6.07, 6.45) is -3.07. The second-order valence-electron chi connectivity index (χ2n) is 8.69. The first-order valence-corrected chi connectivity index (χ1v) is 12.0. The number of alkyl halides is 5. The molecule has 36 heavy (non-hydrogen) atoms. The third-order valence-electron chi connectivity index (χ3n) is 6.28. The van der Waals surface area contributed by atoms with E-state index < -0.39 is 75.3 Å². The minimum Gasteiger partial charge on any atom is -0.371 e. The molecular formula is C20H21F5N6O4S. The van der Waals surface area contributed by atoms with Gasteiger partial charge in [0.15, 0.2) is 5.69 Å². The van der Waals surface area contributed by atoms with E-state index in [1.54, 1.807) is 0 Å². The van der Waals surface area contributed by atoms with E-state index in [0.29, 0.717) is 16.7 Å². The fourth-order valence-corrected chi connectivity index (χ4v) is 6.38. The summed E-state index contributed by atoms with van der Waals surface area (Å²) in [5.41, 5.74) is -0.247. The van der Waals surface area contributed by atoms with Gasteiger partial charge in [0.1, 0.15) is 34.9 Å². The highest BCUT2D eigenvalue weighted by atomic mass is 32.2. The van der Waals surface area contributed by atoms with Gasteiger partial charge in [-0.1, -0.05) is 6.08 Å². The molecule has 0 radical (unpaired) electrons. The molecule has 4 rings (SSSR count). The summed E-state index contributed by atoms with van der Waals surface area (Å²) >= 11 is 0. The first kappa shape index (κ1) is 25.9. The maximum Gasteiger partial charge on any atom is 0.434 e. The van der Waals surface area contributed by atoms with Crippen LogP contribution >= 0.6 is 0 Å². The number of hydrogen-bond donors (Lipinski definition) is 2. The van der Waals surface area contributed by atoms with Gasteiger partial charge in [-0.3, -0.25) is 4.79 Å². The number of aliphatic imine (C=N–C) groups is 1. The molecule has 0 saturated carbocycles. The smallest absolute Gasteiger partial charge is 0.371 e. The summed E-state index contributed by atoms with van der Waals surface area (Å²) < 4.78 is 100. The van der Waals surface area contributed by atoms with Crippen LogP contribution in [0.2, 0.25) is 0 Å². The van der Waals surface area contributed by atoms with Crippen molar-refractivity contribution in [2.45, 2.75) is 42.1 Å². The number of carbonyl (C=O) groups is 1. The molecule has 0 aromatic carbocycles. The van der Waals surface area contributed by atoms with Crippen LogP contribution in [-0.2, 0) is 20.9 Å². The van der Waals surface area contributed by atoms with Crippen LogP contribution < -0.4 is 11.1 Å². The summed E-state index contributed by atoms with van der Waals surface area (Å²) in [5, 5.41) is 0.749. The molecule has 1 fully saturated rings. The Hall–Kier alpha value is -3.14. The molecule has 1 saturated heterocycles. The molecule has 1 aliphatic carbocycles. The summed E-state index contributed by atoms with van der Waals surface area (Å²) in [7, 11) is -3.19. The van der Waals surface area contributed by atoms with E-state index in [9.17, 15) is 30.8 Å². The van der Waals surface area contributed by atoms with Crippen LogP contribution in [0, 0.1) is 0 Å². The van der Waals surface area contributed by atoms with Crippen LogP contribution in [-0.4, -0.2) is 77.4 Å². The lowest BCUT2D eigenvalue weighted by molar-refractivity contribution is -0.141. The Balaban J connectivity index is 1.72. The van der Waals surface area contributed by atoms with E-state index in [1.165, 1.54) is 13.0 Å². The molecular weight excluding hydrogens is 515 g/mol. The minimum atomic E-state index is -4.75. The summed E-state index contributed by atoms with van der Waals surface area (Å²) in [4.78, 5) is 23.4. The Labute approximate surface area is 202 Å². The molecule has 196 valence electrons. The van der Waals surface area contributed by atoms with Crippen LogP contribution in [0.4, 0.5) is 22.0 Å². The lowest BCUT2D eigenvalue weighted by atomic mass is 9.74. The van der Waals surface area contributed by atoms with Gasteiger partial charge in [0.2, 0.25) is 16.0 Å². The summed E-state index contributed by atoms with van der Waals surface area (Å²) in [6, 6.07) is 0. The number of amides is 1. The number of sulfonamides is 1. The van der Waals surface area contributed by atoms with E-state index >= 15 is 4.39 Å². The normalized spacial score (nSPS) is 31.8. The van der Waals surface area contributed by atoms with Crippen molar-refractivity contribution in [3.05, 3.63) is 47.2 Å². The van der Waals surface area contributed by atoms with E-state index in [0.717, 1.165) is 13.1 Å². The van der Waals surface area contributed by atoms with Crippen molar-refractivity contribution in [2.75, 3.05) is 20.3 Å². The average Bonchev–Trinajstić information content (AvgIpc) is 3.18. The van der Waals surface area contributed by atoms with Crippen molar-refractivity contribution in [2.24, 2.45) is 10.7 Å². The third kappa shape index (κ3) is 4.11. The van der Waals surface area contributed by atoms with Gasteiger partial charge in [-0.15, -0.1) is 0 Å². The summed E-state index contributed by atoms with van der Waals surface area (Å²) in [6.45, 7) is -0.505. The Kier molecular flexibility index (Phi) is 6.10. The zero-order valence-electron chi connectivity index (χ0n) is 18.9. The van der Waals surface area contributed by atoms with Crippen molar-refractivity contribution in [1.29, 1.82) is 0 Å². The van der Waals surface area contributed by atoms with Crippen LogP contribution in [0.25, 0.3) is 0 Å². The quantitative estimate of drug-likeness (QED) is 0.552. The number of rotatable bonds is 4. The monoisotopic (exact) mass is 536 g/mol. The lowest BCUT2D eigenvalue weighted by Gasteiger charge is -2.44. The summed E-state index contributed by atoms with van der Waals surface area (Å²) in [5.74, 6) is -1.40. The highest BCUT2D eigenvalue weighted by Gasteiger charge is 2.65. The molecule has 10 nitrogen and oxygen atoms in total. The number of hydrogen-bond acceptors (Lipinski definition) is 8. The van der Waals surface area contributed by atoms with Gasteiger partial charge >= 0.3 is 6.18 Å². The predicted octanol–water partition coefficient (Wildman–Crippen LogP) is 1.23. The average molecular weight is 536 g/mol. The molecule has 16 heteroatoms. The van der Waals surface area contributed by atoms with Crippen molar-refractivity contribution < 1.29 is 39.9 Å². The maximum absolute atomic E-state index is 15.8. The number of allylic oxidation sites excluding steroid dienone is 2. The topological polar surface area (TPSA) is 140 Å². The first-order chi connectivity index (χ1) is 16.6. The minimum absolute atomic E-state index is 0.00579. The number of nitrogens with zero attached hydrogens (tertiary/aromatic N) is 4. The number of fused-ring (bicyclic) bond motifs is 1. The second-order valence-corrected chi connectivity index (χ2v) is 10.8. The molecule has 1 amide bonds. The molecule has 3 heterocycles. The Morgan fingerprint density at radius 2 is 2.03 bits per heavy atom. The number of guanidine groups is 1. The van der Waals surface area contributed by atoms with Crippen molar-refractivity contribution in [3.63, 3.8) is 0 Å². The molecule has 2 aliphatic heterocycles. The molecule has 1 unspecified atom stereocenters. The maximum atomic E-state index is 15.8. The van der Waals surface area contributed by atoms with Gasteiger partial charge in [-0.2, -0.15) is 13.2 Å². The highest BCUT2D eigenvalue weighted by Crippen LogP contribution is 2.49. The van der Waals surface area contributed by atoms with Gasteiger partial charge in [0.05, 0.1) is 19.0 Å². The molecule has 1 aromatic rings. The Bertz CT molecular complexity index is 1280. The molecule has 3 N–H and O–H groups in total. The Morgan fingerprint density at radius 3 is 2.61 bits per heavy atom. The zero-order valence-corrected chi connectivity index (χ0v) is 19.7. The number of aromatic nitrogens is 2. The lowest BCUT2D eigenvalue weighted by Crippen LogP contribution is -2.62. The van der Waals surface area contributed by atoms with Gasteiger partial charge in [0.25, 0.3) is 5.91 Å². The molecule has 0 spiro atoms. The van der Waals surface area contributed by atoms with Crippen molar-refractivity contribution in [3.8, 4) is 0 Å². The molecule has 3 aliphatic rings. The zero-order chi connectivity index (χ0) is 26.7. The van der Waals surface area contributed by atoms with Crippen molar-refractivity contribution >= 4 is 21.9 Å². The first-order valence-electron chi connectivity index (χ1n) is 10.5. The number of halogens is 5. The standard InChI is InChI=1S/C20H21F5N6O4S/c1-18(22)4-3-10(29-16(32)11-7-28-14(8-27-11)20(23,24)25)5-13(18)19-9-35-12(6-21)15(19)36(33,34)31(2)17(26)30-19/h3,5,7-8,12,15H,4,6,9H2,1-2H3,(H2,26,30)(H,29,32)/t12-,15-,18?,19-/m1/s1. The number of ether oxygens (including phenoxy) is 1. The molecule has 0 bridgehead atoms. The molecule has 1 aromatic heterocycles. The van der Waals surface area contributed by atoms with Crippen LogP contribution in [0.5, 0.6) is 0 Å². The van der Waals surface area contributed by atoms with Gasteiger partial charge in [-0.05, 0) is 13.0 Å². The van der Waals surface area contributed by atoms with Crippen LogP contribution in [0.15, 0.2) is 40.8 Å². The van der Waals surface area contributed by atoms with Crippen molar-refractivity contribution in [1.82, 2.24) is 19.6 Å². The third-order valence-corrected chi connectivity index (χ3v) is 8.57. The largest absolute Gasteiger partial charge is 0.434 e. The Morgan fingerprint density at radius 1 is 1.33 bits per heavy atom. The van der Waals surface area contributed by atoms with E-state index in [4.69, 9.17) is 10.5 Å². The van der Waals surface area contributed by atoms with Gasteiger partial charge in [0, 0.05) is 24.7 Å². The SMILES string of the molecule is CN1C(N)=N[C@@]2(C3=CC(NC(=O)c4cnc(C(F)(F)F)cn4)=CCC3(C)F)CO[C@H](CF)[C@H]2S1(=O)=O. The highest BCUT2D eigenvalue weighted by molar-refractivity contribution is 7.90. The number of nitrogens with one attached hydrogen (secondary N) is 1. The van der Waals surface area contributed by atoms with Crippen LogP contribution in [0.1, 0.15) is 29.5 Å². The number of carbonyl (C=O) groups excluding carboxylic acids is 1. The van der Waals surface area contributed by atoms with E-state index in [2.05, 4.69) is 20.3 Å². The van der Waals surface area contributed by atoms with Gasteiger partial charge in [-0.25, -0.2) is 36.5 Å². The number of nitrogens with two attached hydrogens (primary N) is 1. The van der Waals surface area contributed by atoms with E-state index in [1.807, 2.05) is 0 Å². The van der Waals surface area contributed by atoms with E-state index in [-0.39, 0.29) is 17.7 Å².